The maximum Gasteiger partial charge on any atom is 0.330 e. The molecule has 1 N–H and O–H groups in total. The number of rotatable bonds is 1. The van der Waals surface area contributed by atoms with E-state index in [-0.39, 0.29) is 11.8 Å². The van der Waals surface area contributed by atoms with Gasteiger partial charge in [-0.1, -0.05) is 0 Å². The zero-order valence-corrected chi connectivity index (χ0v) is 7.73. The van der Waals surface area contributed by atoms with Crippen molar-refractivity contribution < 1.29 is 4.74 Å². The Morgan fingerprint density at radius 3 is 2.93 bits per heavy atom. The predicted molar refractivity (Wildman–Crippen MR) is 50.2 cm³/mol. The van der Waals surface area contributed by atoms with Crippen molar-refractivity contribution in [1.29, 1.82) is 0 Å². The molecule has 0 aliphatic carbocycles. The second-order valence-electron chi connectivity index (χ2n) is 3.31. The van der Waals surface area contributed by atoms with Crippen molar-refractivity contribution >= 4 is 0 Å². The first-order chi connectivity index (χ1) is 6.79. The van der Waals surface area contributed by atoms with Gasteiger partial charge in [0.15, 0.2) is 0 Å². The van der Waals surface area contributed by atoms with Crippen LogP contribution < -0.4 is 11.2 Å². The van der Waals surface area contributed by atoms with Gasteiger partial charge in [-0.05, 0) is 19.3 Å². The molecule has 1 fully saturated rings. The van der Waals surface area contributed by atoms with E-state index in [1.54, 1.807) is 0 Å². The summed E-state index contributed by atoms with van der Waals surface area (Å²) in [6, 6.07) is 1.33. The number of aromatic amines is 1. The number of aromatic nitrogens is 2. The third-order valence-corrected chi connectivity index (χ3v) is 2.33. The van der Waals surface area contributed by atoms with Gasteiger partial charge < -0.3 is 9.72 Å². The highest BCUT2D eigenvalue weighted by Gasteiger charge is 2.18. The third kappa shape index (κ3) is 1.63. The summed E-state index contributed by atoms with van der Waals surface area (Å²) in [5.41, 5.74) is -0.704. The van der Waals surface area contributed by atoms with Gasteiger partial charge in [0, 0.05) is 18.9 Å². The summed E-state index contributed by atoms with van der Waals surface area (Å²) < 4.78 is 6.51. The van der Waals surface area contributed by atoms with Crippen LogP contribution in [0.3, 0.4) is 0 Å². The first kappa shape index (κ1) is 9.21. The fraction of sp³-hybridized carbons (Fsp3) is 0.556. The van der Waals surface area contributed by atoms with Crippen molar-refractivity contribution in [3.63, 3.8) is 0 Å². The molecule has 1 unspecified atom stereocenters. The lowest BCUT2D eigenvalue weighted by Gasteiger charge is -2.23. The van der Waals surface area contributed by atoms with E-state index in [4.69, 9.17) is 4.74 Å². The van der Waals surface area contributed by atoms with Crippen LogP contribution in [0.4, 0.5) is 0 Å². The van der Waals surface area contributed by atoms with E-state index in [9.17, 15) is 9.59 Å². The van der Waals surface area contributed by atoms with Crippen molar-refractivity contribution in [1.82, 2.24) is 9.55 Å². The summed E-state index contributed by atoms with van der Waals surface area (Å²) in [7, 11) is 0. The molecule has 0 spiro atoms. The quantitative estimate of drug-likeness (QED) is 0.699. The van der Waals surface area contributed by atoms with Crippen molar-refractivity contribution in [2.75, 3.05) is 6.61 Å². The van der Waals surface area contributed by atoms with Crippen LogP contribution in [0.1, 0.15) is 25.5 Å². The molecule has 5 nitrogen and oxygen atoms in total. The summed E-state index contributed by atoms with van der Waals surface area (Å²) in [4.78, 5) is 25.2. The second kappa shape index (κ2) is 3.79. The Kier molecular flexibility index (Phi) is 2.49. The van der Waals surface area contributed by atoms with Gasteiger partial charge in [-0.2, -0.15) is 0 Å². The normalized spacial score (nSPS) is 22.1. The topological polar surface area (TPSA) is 64.1 Å². The van der Waals surface area contributed by atoms with Gasteiger partial charge in [-0.25, -0.2) is 9.36 Å². The second-order valence-corrected chi connectivity index (χ2v) is 3.31. The number of ether oxygens (including phenoxy) is 1. The molecule has 1 atom stereocenters. The molecule has 1 aliphatic heterocycles. The molecular weight excluding hydrogens is 184 g/mol. The molecule has 5 heteroatoms. The minimum absolute atomic E-state index is 0.305. The van der Waals surface area contributed by atoms with Gasteiger partial charge in [0.05, 0.1) is 0 Å². The van der Waals surface area contributed by atoms with Gasteiger partial charge >= 0.3 is 5.69 Å². The lowest BCUT2D eigenvalue weighted by atomic mass is 10.2. The lowest BCUT2D eigenvalue weighted by molar-refractivity contribution is -0.0367. The van der Waals surface area contributed by atoms with Crippen LogP contribution in [0.15, 0.2) is 21.9 Å². The van der Waals surface area contributed by atoms with E-state index in [0.29, 0.717) is 6.61 Å². The Hall–Kier alpha value is -1.36. The Labute approximate surface area is 80.3 Å². The molecule has 2 heterocycles. The predicted octanol–water partition coefficient (Wildman–Crippen LogP) is 0.236. The third-order valence-electron chi connectivity index (χ3n) is 2.33. The van der Waals surface area contributed by atoms with E-state index in [1.807, 2.05) is 0 Å². The van der Waals surface area contributed by atoms with Crippen LogP contribution in [-0.4, -0.2) is 16.2 Å². The molecule has 2 rings (SSSR count). The van der Waals surface area contributed by atoms with Crippen LogP contribution in [0.5, 0.6) is 0 Å². The monoisotopic (exact) mass is 196 g/mol. The van der Waals surface area contributed by atoms with E-state index in [1.165, 1.54) is 12.3 Å². The Morgan fingerprint density at radius 1 is 1.43 bits per heavy atom. The summed E-state index contributed by atoms with van der Waals surface area (Å²) in [5.74, 6) is 0. The molecule has 14 heavy (non-hydrogen) atoms. The summed E-state index contributed by atoms with van der Waals surface area (Å²) >= 11 is 0. The average molecular weight is 196 g/mol. The maximum atomic E-state index is 11.4. The number of H-pyrrole nitrogens is 1. The SMILES string of the molecule is O=c1cc[nH]c(=O)n1C1CCCCO1. The zero-order valence-electron chi connectivity index (χ0n) is 7.73. The highest BCUT2D eigenvalue weighted by atomic mass is 16.5. The average Bonchev–Trinajstić information content (AvgIpc) is 2.19. The van der Waals surface area contributed by atoms with Gasteiger partial charge in [0.1, 0.15) is 6.23 Å². The Morgan fingerprint density at radius 2 is 2.29 bits per heavy atom. The summed E-state index contributed by atoms with van der Waals surface area (Å²) in [6.07, 6.45) is 3.68. The standard InChI is InChI=1S/C9H12N2O3/c12-7-4-5-10-9(13)11(7)8-3-1-2-6-14-8/h4-5,8H,1-3,6H2,(H,10,13). The molecule has 0 saturated carbocycles. The fourth-order valence-electron chi connectivity index (χ4n) is 1.63. The van der Waals surface area contributed by atoms with Gasteiger partial charge in [0.25, 0.3) is 5.56 Å². The number of hydrogen-bond donors (Lipinski definition) is 1. The van der Waals surface area contributed by atoms with Crippen molar-refractivity contribution in [3.8, 4) is 0 Å². The lowest BCUT2D eigenvalue weighted by Crippen LogP contribution is -2.39. The molecular formula is C9H12N2O3. The maximum absolute atomic E-state index is 11.4. The first-order valence-electron chi connectivity index (χ1n) is 4.71. The molecule has 1 aromatic heterocycles. The first-order valence-corrected chi connectivity index (χ1v) is 4.71. The van der Waals surface area contributed by atoms with Gasteiger partial charge in [-0.15, -0.1) is 0 Å². The van der Waals surface area contributed by atoms with Crippen molar-refractivity contribution in [3.05, 3.63) is 33.1 Å². The summed E-state index contributed by atoms with van der Waals surface area (Å²) in [5, 5.41) is 0. The number of nitrogens with zero attached hydrogens (tertiary/aromatic N) is 1. The van der Waals surface area contributed by atoms with Crippen molar-refractivity contribution in [2.45, 2.75) is 25.5 Å². The molecule has 0 amide bonds. The van der Waals surface area contributed by atoms with Gasteiger partial charge in [-0.3, -0.25) is 4.79 Å². The van der Waals surface area contributed by atoms with Gasteiger partial charge in [0.2, 0.25) is 0 Å². The molecule has 1 aromatic rings. The van der Waals surface area contributed by atoms with Crippen molar-refractivity contribution in [2.24, 2.45) is 0 Å². The van der Waals surface area contributed by atoms with Crippen LogP contribution >= 0.6 is 0 Å². The van der Waals surface area contributed by atoms with E-state index in [0.717, 1.165) is 23.8 Å². The number of hydrogen-bond acceptors (Lipinski definition) is 3. The molecule has 0 aromatic carbocycles. The largest absolute Gasteiger partial charge is 0.358 e. The van der Waals surface area contributed by atoms with Crippen LogP contribution in [0, 0.1) is 0 Å². The Balaban J connectivity index is 2.39. The Bertz CT molecular complexity index is 386. The number of nitrogens with one attached hydrogen (secondary N) is 1. The fourth-order valence-corrected chi connectivity index (χ4v) is 1.63. The van der Waals surface area contributed by atoms with Crippen LogP contribution in [0.25, 0.3) is 0 Å². The molecule has 1 aliphatic rings. The highest BCUT2D eigenvalue weighted by Crippen LogP contribution is 2.18. The smallest absolute Gasteiger partial charge is 0.330 e. The highest BCUT2D eigenvalue weighted by molar-refractivity contribution is 4.84. The molecule has 0 bridgehead atoms. The summed E-state index contributed by atoms with van der Waals surface area (Å²) in [6.45, 7) is 0.617. The van der Waals surface area contributed by atoms with E-state index in [2.05, 4.69) is 4.98 Å². The zero-order chi connectivity index (χ0) is 9.97. The minimum atomic E-state index is -0.399. The molecule has 0 radical (unpaired) electrons. The van der Waals surface area contributed by atoms with E-state index < -0.39 is 5.69 Å². The van der Waals surface area contributed by atoms with Crippen LogP contribution in [0.2, 0.25) is 0 Å². The minimum Gasteiger partial charge on any atom is -0.358 e. The molecule has 1 saturated heterocycles. The molecule has 76 valence electrons. The van der Waals surface area contributed by atoms with Crippen LogP contribution in [-0.2, 0) is 4.74 Å². The van der Waals surface area contributed by atoms with E-state index >= 15 is 0 Å².